The molecule has 2 heterocycles. The molecule has 0 saturated carbocycles. The molecule has 1 aromatic heterocycles. The van der Waals surface area contributed by atoms with Gasteiger partial charge >= 0.3 is 0 Å². The molecule has 2 aromatic rings. The Labute approximate surface area is 181 Å². The Morgan fingerprint density at radius 2 is 2.10 bits per heavy atom. The highest BCUT2D eigenvalue weighted by Crippen LogP contribution is 2.41. The molecule has 8 heteroatoms. The van der Waals surface area contributed by atoms with Gasteiger partial charge in [-0.25, -0.2) is 0 Å². The third kappa shape index (κ3) is 4.80. The van der Waals surface area contributed by atoms with Gasteiger partial charge in [-0.1, -0.05) is 56.7 Å². The van der Waals surface area contributed by atoms with E-state index in [0.717, 1.165) is 23.4 Å². The van der Waals surface area contributed by atoms with E-state index < -0.39 is 0 Å². The minimum atomic E-state index is -0.387. The Balaban J connectivity index is 1.92. The number of carbonyl (C=O) groups is 2. The monoisotopic (exact) mass is 430 g/mol. The van der Waals surface area contributed by atoms with Crippen molar-refractivity contribution in [3.63, 3.8) is 0 Å². The summed E-state index contributed by atoms with van der Waals surface area (Å²) in [5.41, 5.74) is 0.865. The van der Waals surface area contributed by atoms with Crippen LogP contribution in [0.5, 0.6) is 5.75 Å². The second-order valence-corrected chi connectivity index (χ2v) is 8.87. The maximum atomic E-state index is 13.3. The van der Waals surface area contributed by atoms with Crippen molar-refractivity contribution < 1.29 is 14.3 Å². The summed E-state index contributed by atoms with van der Waals surface area (Å²) < 4.78 is 5.57. The molecule has 1 aliphatic heterocycles. The zero-order valence-corrected chi connectivity index (χ0v) is 18.9. The standard InChI is InChI=1S/C22H30N4O3S/c1-5-6-13-26-18(27)12-11-16(19(26)15-9-7-8-10-17(15)29-4)20(28)23-22-25-24-21(30-22)14(2)3/h7-10,14,16,19H,5-6,11-13H2,1-4H3,(H,23,25,28). The molecular weight excluding hydrogens is 400 g/mol. The van der Waals surface area contributed by atoms with E-state index in [2.05, 4.69) is 22.4 Å². The van der Waals surface area contributed by atoms with Gasteiger partial charge in [0.15, 0.2) is 0 Å². The van der Waals surface area contributed by atoms with Gasteiger partial charge in [0.05, 0.1) is 19.1 Å². The van der Waals surface area contributed by atoms with Crippen LogP contribution in [0.2, 0.25) is 0 Å². The van der Waals surface area contributed by atoms with Gasteiger partial charge in [0, 0.05) is 24.4 Å². The molecule has 2 atom stereocenters. The molecule has 30 heavy (non-hydrogen) atoms. The third-order valence-corrected chi connectivity index (χ3v) is 6.56. The molecule has 1 saturated heterocycles. The van der Waals surface area contributed by atoms with Crippen molar-refractivity contribution in [3.05, 3.63) is 34.8 Å². The molecule has 2 unspecified atom stereocenters. The van der Waals surface area contributed by atoms with Crippen molar-refractivity contribution in [1.29, 1.82) is 0 Å². The number of likely N-dealkylation sites (tertiary alicyclic amines) is 1. The summed E-state index contributed by atoms with van der Waals surface area (Å²) in [5, 5.41) is 12.6. The number of rotatable bonds is 8. The van der Waals surface area contributed by atoms with Crippen molar-refractivity contribution >= 4 is 28.3 Å². The number of hydrogen-bond donors (Lipinski definition) is 1. The fourth-order valence-corrected chi connectivity index (χ4v) is 4.58. The normalized spacial score (nSPS) is 19.2. The van der Waals surface area contributed by atoms with E-state index in [0.29, 0.717) is 30.3 Å². The zero-order chi connectivity index (χ0) is 21.7. The summed E-state index contributed by atoms with van der Waals surface area (Å²) in [5.74, 6) is 0.510. The lowest BCUT2D eigenvalue weighted by molar-refractivity contribution is -0.142. The number of benzene rings is 1. The number of nitrogens with zero attached hydrogens (tertiary/aromatic N) is 3. The SMILES string of the molecule is CCCCN1C(=O)CCC(C(=O)Nc2nnc(C(C)C)s2)C1c1ccccc1OC. The predicted molar refractivity (Wildman–Crippen MR) is 118 cm³/mol. The van der Waals surface area contributed by atoms with Crippen LogP contribution >= 0.6 is 11.3 Å². The molecule has 3 rings (SSSR count). The lowest BCUT2D eigenvalue weighted by Crippen LogP contribution is -2.47. The average molecular weight is 431 g/mol. The largest absolute Gasteiger partial charge is 0.496 e. The molecule has 0 radical (unpaired) electrons. The quantitative estimate of drug-likeness (QED) is 0.671. The number of ether oxygens (including phenoxy) is 1. The van der Waals surface area contributed by atoms with Gasteiger partial charge in [-0.2, -0.15) is 0 Å². The number of hydrogen-bond acceptors (Lipinski definition) is 6. The maximum absolute atomic E-state index is 13.3. The molecule has 0 spiro atoms. The minimum Gasteiger partial charge on any atom is -0.496 e. The Morgan fingerprint density at radius 3 is 2.77 bits per heavy atom. The number of anilines is 1. The summed E-state index contributed by atoms with van der Waals surface area (Å²) in [4.78, 5) is 28.0. The summed E-state index contributed by atoms with van der Waals surface area (Å²) in [6.07, 6.45) is 2.72. The van der Waals surface area contributed by atoms with Gasteiger partial charge in [-0.15, -0.1) is 10.2 Å². The van der Waals surface area contributed by atoms with E-state index in [1.165, 1.54) is 11.3 Å². The maximum Gasteiger partial charge on any atom is 0.231 e. The average Bonchev–Trinajstić information content (AvgIpc) is 3.21. The van der Waals surface area contributed by atoms with E-state index in [1.54, 1.807) is 7.11 Å². The number of nitrogens with one attached hydrogen (secondary N) is 1. The zero-order valence-electron chi connectivity index (χ0n) is 18.1. The van der Waals surface area contributed by atoms with Crippen molar-refractivity contribution in [2.75, 3.05) is 19.0 Å². The van der Waals surface area contributed by atoms with Crippen LogP contribution in [-0.2, 0) is 9.59 Å². The molecular formula is C22H30N4O3S. The topological polar surface area (TPSA) is 84.4 Å². The smallest absolute Gasteiger partial charge is 0.231 e. The van der Waals surface area contributed by atoms with Gasteiger partial charge < -0.3 is 15.0 Å². The minimum absolute atomic E-state index is 0.0846. The van der Waals surface area contributed by atoms with Gasteiger partial charge in [-0.3, -0.25) is 9.59 Å². The van der Waals surface area contributed by atoms with Crippen molar-refractivity contribution in [1.82, 2.24) is 15.1 Å². The summed E-state index contributed by atoms with van der Waals surface area (Å²) in [7, 11) is 1.61. The third-order valence-electron chi connectivity index (χ3n) is 5.42. The number of piperidine rings is 1. The van der Waals surface area contributed by atoms with Crippen molar-refractivity contribution in [2.45, 2.75) is 58.4 Å². The van der Waals surface area contributed by atoms with Crippen molar-refractivity contribution in [3.8, 4) is 5.75 Å². The molecule has 1 fully saturated rings. The molecule has 0 bridgehead atoms. The molecule has 0 aliphatic carbocycles. The highest BCUT2D eigenvalue weighted by atomic mass is 32.1. The van der Waals surface area contributed by atoms with Crippen molar-refractivity contribution in [2.24, 2.45) is 5.92 Å². The van der Waals surface area contributed by atoms with E-state index in [1.807, 2.05) is 43.0 Å². The summed E-state index contributed by atoms with van der Waals surface area (Å²) >= 11 is 1.39. The van der Waals surface area contributed by atoms with Gasteiger partial charge in [-0.05, 0) is 18.9 Å². The molecule has 162 valence electrons. The highest BCUT2D eigenvalue weighted by Gasteiger charge is 2.41. The van der Waals surface area contributed by atoms with Gasteiger partial charge in [0.1, 0.15) is 10.8 Å². The Morgan fingerprint density at radius 1 is 1.33 bits per heavy atom. The number of aromatic nitrogens is 2. The van der Waals surface area contributed by atoms with Gasteiger partial charge in [0.25, 0.3) is 0 Å². The van der Waals surface area contributed by atoms with E-state index in [4.69, 9.17) is 4.74 Å². The second-order valence-electron chi connectivity index (χ2n) is 7.86. The van der Waals surface area contributed by atoms with E-state index in [9.17, 15) is 9.59 Å². The van der Waals surface area contributed by atoms with Crippen LogP contribution in [-0.4, -0.2) is 40.6 Å². The number of para-hydroxylation sites is 1. The summed E-state index contributed by atoms with van der Waals surface area (Å²) in [6.45, 7) is 6.81. The van der Waals surface area contributed by atoms with Crippen LogP contribution in [0.15, 0.2) is 24.3 Å². The number of methoxy groups -OCH3 is 1. The Kier molecular flexibility index (Phi) is 7.42. The first-order chi connectivity index (χ1) is 14.5. The fraction of sp³-hybridized carbons (Fsp3) is 0.545. The number of carbonyl (C=O) groups excluding carboxylic acids is 2. The predicted octanol–water partition coefficient (Wildman–Crippen LogP) is 4.39. The van der Waals surface area contributed by atoms with Crippen LogP contribution in [0.3, 0.4) is 0 Å². The Bertz CT molecular complexity index is 883. The highest BCUT2D eigenvalue weighted by molar-refractivity contribution is 7.15. The fourth-order valence-electron chi connectivity index (χ4n) is 3.83. The molecule has 1 aromatic carbocycles. The van der Waals surface area contributed by atoms with Crippen LogP contribution in [0.4, 0.5) is 5.13 Å². The molecule has 2 amide bonds. The molecule has 1 aliphatic rings. The first kappa shape index (κ1) is 22.2. The van der Waals surface area contributed by atoms with Gasteiger partial charge in [0.2, 0.25) is 16.9 Å². The van der Waals surface area contributed by atoms with E-state index >= 15 is 0 Å². The van der Waals surface area contributed by atoms with Crippen LogP contribution in [0, 0.1) is 5.92 Å². The van der Waals surface area contributed by atoms with Crippen LogP contribution < -0.4 is 10.1 Å². The summed E-state index contributed by atoms with van der Waals surface area (Å²) in [6, 6.07) is 7.27. The number of unbranched alkanes of at least 4 members (excludes halogenated alkanes) is 1. The van der Waals surface area contributed by atoms with Crippen LogP contribution in [0.25, 0.3) is 0 Å². The van der Waals surface area contributed by atoms with Crippen LogP contribution in [0.1, 0.15) is 69.0 Å². The first-order valence-electron chi connectivity index (χ1n) is 10.5. The second kappa shape index (κ2) is 10.0. The first-order valence-corrected chi connectivity index (χ1v) is 11.3. The molecule has 7 nitrogen and oxygen atoms in total. The van der Waals surface area contributed by atoms with E-state index in [-0.39, 0.29) is 29.7 Å². The lowest BCUT2D eigenvalue weighted by Gasteiger charge is -2.41. The molecule has 1 N–H and O–H groups in total. The Hall–Kier alpha value is -2.48. The lowest BCUT2D eigenvalue weighted by atomic mass is 9.83. The number of amides is 2.